The van der Waals surface area contributed by atoms with E-state index in [1.165, 1.54) is 13.2 Å². The van der Waals surface area contributed by atoms with Gasteiger partial charge in [0, 0.05) is 18.6 Å². The average molecular weight is 491 g/mol. The molecule has 3 rings (SSSR count). The molecule has 0 spiro atoms. The number of hydrogen-bond donors (Lipinski definition) is 1. The summed E-state index contributed by atoms with van der Waals surface area (Å²) >= 11 is 0. The van der Waals surface area contributed by atoms with Gasteiger partial charge in [-0.05, 0) is 6.92 Å². The van der Waals surface area contributed by atoms with Gasteiger partial charge < -0.3 is 29.0 Å². The summed E-state index contributed by atoms with van der Waals surface area (Å²) in [6, 6.07) is 4.44. The van der Waals surface area contributed by atoms with Crippen LogP contribution in [0.2, 0.25) is 0 Å². The number of hydrogen-bond acceptors (Lipinski definition) is 11. The van der Waals surface area contributed by atoms with Crippen molar-refractivity contribution in [1.82, 2.24) is 0 Å². The molecule has 1 aliphatic rings. The minimum absolute atomic E-state index is 0.0525. The number of anilines is 1. The van der Waals surface area contributed by atoms with Gasteiger partial charge in [0.15, 0.2) is 29.6 Å². The second-order valence-corrected chi connectivity index (χ2v) is 6.96. The Bertz CT molecular complexity index is 1170. The highest BCUT2D eigenvalue weighted by Gasteiger charge is 2.27. The van der Waals surface area contributed by atoms with Gasteiger partial charge in [-0.25, -0.2) is 4.79 Å². The third-order valence-electron chi connectivity index (χ3n) is 4.67. The lowest BCUT2D eigenvalue weighted by atomic mass is 10.1. The quantitative estimate of drug-likeness (QED) is 0.310. The number of esters is 1. The Morgan fingerprint density at radius 2 is 1.66 bits per heavy atom. The predicted octanol–water partition coefficient (Wildman–Crippen LogP) is 2.87. The number of ether oxygens (including phenoxy) is 5. The first-order valence-electron chi connectivity index (χ1n) is 10.3. The van der Waals surface area contributed by atoms with Gasteiger partial charge in [0.25, 0.3) is 17.3 Å². The van der Waals surface area contributed by atoms with Crippen LogP contribution in [-0.4, -0.2) is 55.3 Å². The van der Waals surface area contributed by atoms with Gasteiger partial charge in [-0.3, -0.25) is 25.0 Å². The molecule has 1 amide bonds. The van der Waals surface area contributed by atoms with E-state index in [1.54, 1.807) is 6.92 Å². The molecule has 0 radical (unpaired) electrons. The number of amides is 1. The number of nitrogens with zero attached hydrogens (tertiary/aromatic N) is 2. The summed E-state index contributed by atoms with van der Waals surface area (Å²) in [4.78, 5) is 46.3. The van der Waals surface area contributed by atoms with Crippen LogP contribution in [0, 0.1) is 20.2 Å². The first-order valence-corrected chi connectivity index (χ1v) is 10.3. The molecule has 0 aliphatic carbocycles. The van der Waals surface area contributed by atoms with Crippen LogP contribution in [0.25, 0.3) is 0 Å². The molecule has 0 saturated carbocycles. The van der Waals surface area contributed by atoms with Crippen LogP contribution in [0.1, 0.15) is 23.7 Å². The molecule has 0 fully saturated rings. The van der Waals surface area contributed by atoms with Crippen molar-refractivity contribution >= 4 is 28.9 Å². The van der Waals surface area contributed by atoms with Crippen LogP contribution in [0.4, 0.5) is 17.1 Å². The number of benzene rings is 2. The maximum Gasteiger partial charge on any atom is 0.345 e. The molecule has 2 aromatic rings. The Balaban J connectivity index is 1.77. The zero-order chi connectivity index (χ0) is 25.5. The predicted molar refractivity (Wildman–Crippen MR) is 118 cm³/mol. The fraction of sp³-hybridized carbons (Fsp3) is 0.333. The molecule has 14 nitrogen and oxygen atoms in total. The number of nitrogens with one attached hydrogen (secondary N) is 1. The first kappa shape index (κ1) is 25.0. The summed E-state index contributed by atoms with van der Waals surface area (Å²) in [5.74, 6) is -1.62. The molecule has 0 aromatic heterocycles. The van der Waals surface area contributed by atoms with E-state index < -0.39 is 45.3 Å². The van der Waals surface area contributed by atoms with E-state index in [0.29, 0.717) is 19.6 Å². The molecule has 14 heteroatoms. The lowest BCUT2D eigenvalue weighted by Crippen LogP contribution is -2.22. The lowest BCUT2D eigenvalue weighted by Gasteiger charge is -2.12. The third kappa shape index (κ3) is 5.85. The van der Waals surface area contributed by atoms with Crippen LogP contribution >= 0.6 is 0 Å². The van der Waals surface area contributed by atoms with E-state index in [1.807, 2.05) is 0 Å². The van der Waals surface area contributed by atoms with E-state index >= 15 is 0 Å². The number of fused-ring (bicyclic) bond motifs is 1. The average Bonchev–Trinajstić information content (AvgIpc) is 3.06. The van der Waals surface area contributed by atoms with Crippen molar-refractivity contribution in [3.05, 3.63) is 50.1 Å². The number of carbonyl (C=O) groups is 2. The zero-order valence-corrected chi connectivity index (χ0v) is 18.7. The van der Waals surface area contributed by atoms with Crippen molar-refractivity contribution in [3.63, 3.8) is 0 Å². The molecular weight excluding hydrogens is 470 g/mol. The zero-order valence-electron chi connectivity index (χ0n) is 18.7. The van der Waals surface area contributed by atoms with Crippen LogP contribution in [0.15, 0.2) is 24.3 Å². The maximum atomic E-state index is 12.5. The normalized spacial score (nSPS) is 12.2. The van der Waals surface area contributed by atoms with Gasteiger partial charge in [0.1, 0.15) is 11.3 Å². The monoisotopic (exact) mass is 491 g/mol. The topological polar surface area (TPSA) is 179 Å². The second-order valence-electron chi connectivity index (χ2n) is 6.96. The second kappa shape index (κ2) is 11.0. The molecule has 1 N–H and O–H groups in total. The number of methoxy groups -OCH3 is 1. The van der Waals surface area contributed by atoms with Crippen molar-refractivity contribution in [2.24, 2.45) is 0 Å². The highest BCUT2D eigenvalue weighted by Crippen LogP contribution is 2.39. The van der Waals surface area contributed by atoms with Gasteiger partial charge in [0.2, 0.25) is 0 Å². The molecule has 35 heavy (non-hydrogen) atoms. The van der Waals surface area contributed by atoms with Crippen molar-refractivity contribution < 1.29 is 43.1 Å². The Labute approximate surface area is 198 Å². The van der Waals surface area contributed by atoms with Crippen LogP contribution in [0.3, 0.4) is 0 Å². The number of nitro benzene ring substituents is 2. The van der Waals surface area contributed by atoms with Gasteiger partial charge in [-0.2, -0.15) is 0 Å². The first-order chi connectivity index (χ1) is 16.7. The molecule has 0 unspecified atom stereocenters. The molecular formula is C21H21N3O11. The SMILES string of the molecule is CCOc1cc([N+](=O)[O-])c(C(=O)OCC(=O)Nc2cc3c(cc2[N+](=O)[O-])OCCCO3)cc1OC. The maximum absolute atomic E-state index is 12.5. The summed E-state index contributed by atoms with van der Waals surface area (Å²) in [6.45, 7) is 1.62. The van der Waals surface area contributed by atoms with E-state index in [4.69, 9.17) is 23.7 Å². The number of carbonyl (C=O) groups excluding carboxylic acids is 2. The summed E-state index contributed by atoms with van der Waals surface area (Å²) in [7, 11) is 1.29. The third-order valence-corrected chi connectivity index (χ3v) is 4.67. The minimum atomic E-state index is -1.18. The van der Waals surface area contributed by atoms with Crippen LogP contribution in [0.5, 0.6) is 23.0 Å². The largest absolute Gasteiger partial charge is 0.493 e. The Morgan fingerprint density at radius 3 is 2.26 bits per heavy atom. The van der Waals surface area contributed by atoms with E-state index in [-0.39, 0.29) is 35.3 Å². The summed E-state index contributed by atoms with van der Waals surface area (Å²) in [5, 5.41) is 25.2. The van der Waals surface area contributed by atoms with Crippen molar-refractivity contribution in [1.29, 1.82) is 0 Å². The molecule has 1 aliphatic heterocycles. The fourth-order valence-corrected chi connectivity index (χ4v) is 3.14. The lowest BCUT2D eigenvalue weighted by molar-refractivity contribution is -0.385. The fourth-order valence-electron chi connectivity index (χ4n) is 3.14. The highest BCUT2D eigenvalue weighted by atomic mass is 16.6. The molecule has 2 aromatic carbocycles. The van der Waals surface area contributed by atoms with Gasteiger partial charge in [-0.1, -0.05) is 0 Å². The van der Waals surface area contributed by atoms with Gasteiger partial charge in [-0.15, -0.1) is 0 Å². The van der Waals surface area contributed by atoms with Gasteiger partial charge in [0.05, 0.1) is 48.9 Å². The minimum Gasteiger partial charge on any atom is -0.493 e. The molecule has 0 bridgehead atoms. The van der Waals surface area contributed by atoms with Crippen molar-refractivity contribution in [2.45, 2.75) is 13.3 Å². The van der Waals surface area contributed by atoms with Crippen LogP contribution in [-0.2, 0) is 9.53 Å². The number of rotatable bonds is 9. The molecule has 186 valence electrons. The Kier molecular flexibility index (Phi) is 7.86. The summed E-state index contributed by atoms with van der Waals surface area (Å²) in [6.07, 6.45) is 0.572. The smallest absolute Gasteiger partial charge is 0.345 e. The highest BCUT2D eigenvalue weighted by molar-refractivity contribution is 5.99. The van der Waals surface area contributed by atoms with Crippen molar-refractivity contribution in [3.8, 4) is 23.0 Å². The summed E-state index contributed by atoms with van der Waals surface area (Å²) < 4.78 is 26.2. The molecule has 0 atom stereocenters. The standard InChI is InChI=1S/C21H21N3O11/c1-3-32-18-9-14(23(27)28)12(7-16(18)31-2)21(26)35-11-20(25)22-13-8-17-19(10-15(13)24(29)30)34-6-4-5-33-17/h7-10H,3-6,11H2,1-2H3,(H,22,25). The van der Waals surface area contributed by atoms with E-state index in [9.17, 15) is 29.8 Å². The van der Waals surface area contributed by atoms with Gasteiger partial charge >= 0.3 is 5.97 Å². The Morgan fingerprint density at radius 1 is 1.00 bits per heavy atom. The van der Waals surface area contributed by atoms with E-state index in [2.05, 4.69) is 5.32 Å². The summed E-state index contributed by atoms with van der Waals surface area (Å²) in [5.41, 5.74) is -1.74. The molecule has 0 saturated heterocycles. The Hall–Kier alpha value is -4.62. The molecule has 1 heterocycles. The van der Waals surface area contributed by atoms with Crippen LogP contribution < -0.4 is 24.3 Å². The van der Waals surface area contributed by atoms with Crippen molar-refractivity contribution in [2.75, 3.05) is 38.9 Å². The van der Waals surface area contributed by atoms with E-state index in [0.717, 1.165) is 18.2 Å². The number of nitro groups is 2.